The van der Waals surface area contributed by atoms with Gasteiger partial charge in [-0.2, -0.15) is 0 Å². The van der Waals surface area contributed by atoms with E-state index in [1.807, 2.05) is 0 Å². The SMILES string of the molecule is Cc1cc2c3c(c1)N(c1cccc4c1C(C)(C)c1ccccc1-4)c1cc4c(cc1B3c1ccc(-c3ccccc3)cc1N2c1cc2c(cc1C)C(C)(C)CC2(C)C)C(C)(C)CCC4(C)C. The van der Waals surface area contributed by atoms with E-state index in [0.29, 0.717) is 0 Å². The number of anilines is 6. The molecule has 324 valence electrons. The number of rotatable bonds is 3. The minimum Gasteiger partial charge on any atom is -0.311 e. The third kappa shape index (κ3) is 5.60. The Morgan fingerprint density at radius 3 is 1.69 bits per heavy atom. The Bertz CT molecular complexity index is 3200. The van der Waals surface area contributed by atoms with Crippen molar-refractivity contribution in [3.05, 3.63) is 172 Å². The summed E-state index contributed by atoms with van der Waals surface area (Å²) in [5.74, 6) is 0. The molecule has 0 radical (unpaired) electrons. The molecule has 2 heterocycles. The van der Waals surface area contributed by atoms with Crippen LogP contribution < -0.4 is 26.2 Å². The largest absolute Gasteiger partial charge is 0.311 e. The lowest BCUT2D eigenvalue weighted by molar-refractivity contribution is 0.332. The van der Waals surface area contributed by atoms with E-state index >= 15 is 0 Å². The Kier molecular flexibility index (Phi) is 8.25. The molecule has 0 amide bonds. The summed E-state index contributed by atoms with van der Waals surface area (Å²) in [7, 11) is 0. The van der Waals surface area contributed by atoms with Gasteiger partial charge in [0.15, 0.2) is 0 Å². The molecule has 0 aromatic heterocycles. The normalized spacial score (nSPS) is 19.1. The Balaban J connectivity index is 1.21. The third-order valence-corrected chi connectivity index (χ3v) is 17.0. The zero-order valence-corrected chi connectivity index (χ0v) is 40.7. The van der Waals surface area contributed by atoms with Gasteiger partial charge in [0, 0.05) is 33.9 Å². The molecule has 0 saturated carbocycles. The van der Waals surface area contributed by atoms with E-state index in [1.165, 1.54) is 130 Å². The van der Waals surface area contributed by atoms with Gasteiger partial charge in [0.1, 0.15) is 0 Å². The fraction of sp³-hybridized carbons (Fsp3) is 0.323. The van der Waals surface area contributed by atoms with Crippen molar-refractivity contribution >= 4 is 57.2 Å². The van der Waals surface area contributed by atoms with Crippen LogP contribution in [-0.2, 0) is 27.1 Å². The summed E-state index contributed by atoms with van der Waals surface area (Å²) in [6.45, 7) is 29.4. The van der Waals surface area contributed by atoms with Crippen molar-refractivity contribution in [1.29, 1.82) is 0 Å². The monoisotopic (exact) mass is 847 g/mol. The van der Waals surface area contributed by atoms with Crippen molar-refractivity contribution in [1.82, 2.24) is 0 Å². The van der Waals surface area contributed by atoms with Crippen molar-refractivity contribution in [2.24, 2.45) is 0 Å². The van der Waals surface area contributed by atoms with Crippen molar-refractivity contribution in [3.8, 4) is 22.3 Å². The van der Waals surface area contributed by atoms with Crippen LogP contribution in [0.3, 0.4) is 0 Å². The van der Waals surface area contributed by atoms with Gasteiger partial charge in [-0.3, -0.25) is 0 Å². The summed E-state index contributed by atoms with van der Waals surface area (Å²) in [5.41, 5.74) is 28.7. The van der Waals surface area contributed by atoms with Gasteiger partial charge in [0.05, 0.1) is 5.69 Å². The van der Waals surface area contributed by atoms with Gasteiger partial charge < -0.3 is 9.80 Å². The van der Waals surface area contributed by atoms with Gasteiger partial charge in [-0.15, -0.1) is 0 Å². The summed E-state index contributed by atoms with van der Waals surface area (Å²) in [6.07, 6.45) is 3.49. The lowest BCUT2D eigenvalue weighted by atomic mass is 9.33. The minimum atomic E-state index is -0.187. The summed E-state index contributed by atoms with van der Waals surface area (Å²) in [6, 6.07) is 50.1. The zero-order chi connectivity index (χ0) is 45.3. The molecule has 7 aromatic carbocycles. The molecule has 3 aliphatic carbocycles. The maximum atomic E-state index is 2.73. The highest BCUT2D eigenvalue weighted by molar-refractivity contribution is 7.00. The van der Waals surface area contributed by atoms with E-state index in [0.717, 1.165) is 6.42 Å². The van der Waals surface area contributed by atoms with E-state index in [9.17, 15) is 0 Å². The van der Waals surface area contributed by atoms with Crippen LogP contribution in [0.2, 0.25) is 0 Å². The molecule has 5 aliphatic rings. The molecule has 0 fully saturated rings. The Morgan fingerprint density at radius 1 is 0.415 bits per heavy atom. The number of nitrogens with zero attached hydrogens (tertiary/aromatic N) is 2. The van der Waals surface area contributed by atoms with Gasteiger partial charge in [-0.1, -0.05) is 160 Å². The van der Waals surface area contributed by atoms with Crippen LogP contribution in [-0.4, -0.2) is 6.71 Å². The van der Waals surface area contributed by atoms with Crippen molar-refractivity contribution < 1.29 is 0 Å². The van der Waals surface area contributed by atoms with Crippen LogP contribution in [0.1, 0.15) is 133 Å². The Labute approximate surface area is 388 Å². The molecule has 3 heteroatoms. The van der Waals surface area contributed by atoms with E-state index in [-0.39, 0.29) is 33.8 Å². The highest BCUT2D eigenvalue weighted by Gasteiger charge is 2.49. The average Bonchev–Trinajstić information content (AvgIpc) is 3.61. The van der Waals surface area contributed by atoms with Gasteiger partial charge in [-0.05, 0) is 174 Å². The number of hydrogen-bond donors (Lipinski definition) is 0. The first kappa shape index (κ1) is 40.7. The molecule has 12 rings (SSSR count). The van der Waals surface area contributed by atoms with Crippen molar-refractivity contribution in [2.75, 3.05) is 9.80 Å². The summed E-state index contributed by atoms with van der Waals surface area (Å²) in [4.78, 5) is 5.41. The molecule has 2 aliphatic heterocycles. The standard InChI is InChI=1S/C62H63BN2/c1-37-29-54-57-55(30-37)65(51-34-47-44(31-38(51)2)60(7,8)36-61(47,9)10)52-32-40(39-19-14-13-15-20-39)25-26-48(52)63(57)49-33-45-46(59(5,6)28-27-58(45,3)4)35-53(49)64(54)50-24-18-22-42-41-21-16-17-23-43(41)62(11,12)56(42)50/h13-26,29-35H,27-28,36H2,1-12H3. The third-order valence-electron chi connectivity index (χ3n) is 17.0. The molecule has 0 atom stereocenters. The first-order valence-electron chi connectivity index (χ1n) is 24.3. The number of aryl methyl sites for hydroxylation is 2. The minimum absolute atomic E-state index is 0.0427. The second-order valence-electron chi connectivity index (χ2n) is 23.7. The Hall–Kier alpha value is -5.80. The lowest BCUT2D eigenvalue weighted by Gasteiger charge is -2.48. The average molecular weight is 847 g/mol. The summed E-state index contributed by atoms with van der Waals surface area (Å²) >= 11 is 0. The van der Waals surface area contributed by atoms with E-state index < -0.39 is 0 Å². The van der Waals surface area contributed by atoms with Crippen LogP contribution in [0, 0.1) is 13.8 Å². The zero-order valence-electron chi connectivity index (χ0n) is 40.7. The van der Waals surface area contributed by atoms with E-state index in [2.05, 4.69) is 220 Å². The first-order chi connectivity index (χ1) is 30.8. The summed E-state index contributed by atoms with van der Waals surface area (Å²) < 4.78 is 0. The number of benzene rings is 7. The molecule has 0 N–H and O–H groups in total. The topological polar surface area (TPSA) is 6.48 Å². The highest BCUT2D eigenvalue weighted by atomic mass is 15.2. The second kappa shape index (κ2) is 13.2. The van der Waals surface area contributed by atoms with Gasteiger partial charge in [0.25, 0.3) is 6.71 Å². The highest BCUT2D eigenvalue weighted by Crippen LogP contribution is 2.57. The molecule has 0 bridgehead atoms. The molecule has 2 nitrogen and oxygen atoms in total. The van der Waals surface area contributed by atoms with Crippen LogP contribution in [0.25, 0.3) is 22.3 Å². The smallest absolute Gasteiger partial charge is 0.252 e. The maximum Gasteiger partial charge on any atom is 0.252 e. The first-order valence-corrected chi connectivity index (χ1v) is 24.3. The predicted octanol–water partition coefficient (Wildman–Crippen LogP) is 14.7. The van der Waals surface area contributed by atoms with E-state index in [1.54, 1.807) is 0 Å². The molecule has 65 heavy (non-hydrogen) atoms. The number of hydrogen-bond acceptors (Lipinski definition) is 2. The molecule has 0 spiro atoms. The summed E-state index contributed by atoms with van der Waals surface area (Å²) in [5, 5.41) is 0. The van der Waals surface area contributed by atoms with Crippen molar-refractivity contribution in [2.45, 2.75) is 129 Å². The quantitative estimate of drug-likeness (QED) is 0.163. The molecule has 0 saturated heterocycles. The lowest BCUT2D eigenvalue weighted by Crippen LogP contribution is -2.62. The van der Waals surface area contributed by atoms with Gasteiger partial charge >= 0.3 is 0 Å². The fourth-order valence-corrected chi connectivity index (χ4v) is 13.9. The molecular formula is C62H63BN2. The van der Waals surface area contributed by atoms with Gasteiger partial charge in [0.2, 0.25) is 0 Å². The van der Waals surface area contributed by atoms with Crippen LogP contribution in [0.5, 0.6) is 0 Å². The molecule has 7 aromatic rings. The van der Waals surface area contributed by atoms with Crippen LogP contribution >= 0.6 is 0 Å². The maximum absolute atomic E-state index is 2.73. The second-order valence-corrected chi connectivity index (χ2v) is 23.7. The van der Waals surface area contributed by atoms with Crippen LogP contribution in [0.15, 0.2) is 127 Å². The van der Waals surface area contributed by atoms with Gasteiger partial charge in [-0.25, -0.2) is 0 Å². The predicted molar refractivity (Wildman–Crippen MR) is 279 cm³/mol. The van der Waals surface area contributed by atoms with E-state index in [4.69, 9.17) is 0 Å². The van der Waals surface area contributed by atoms with Crippen molar-refractivity contribution in [3.63, 3.8) is 0 Å². The Morgan fingerprint density at radius 2 is 0.985 bits per heavy atom. The van der Waals surface area contributed by atoms with Crippen LogP contribution in [0.4, 0.5) is 34.1 Å². The number of fused-ring (bicyclic) bond motifs is 9. The molecule has 0 unspecified atom stereocenters. The fourth-order valence-electron chi connectivity index (χ4n) is 13.9. The molecular weight excluding hydrogens is 784 g/mol.